The molecule has 5 rings (SSSR count). The van der Waals surface area contributed by atoms with E-state index in [-0.39, 0.29) is 5.75 Å². The van der Waals surface area contributed by atoms with Crippen LogP contribution in [0.4, 0.5) is 0 Å². The van der Waals surface area contributed by atoms with Gasteiger partial charge in [-0.25, -0.2) is 4.98 Å². The number of rotatable bonds is 2. The molecule has 0 spiro atoms. The molecule has 0 amide bonds. The number of aromatic amines is 1. The van der Waals surface area contributed by atoms with Gasteiger partial charge in [0.15, 0.2) is 0 Å². The molecule has 25 heavy (non-hydrogen) atoms. The number of hydrogen-bond acceptors (Lipinski definition) is 3. The van der Waals surface area contributed by atoms with E-state index in [1.54, 1.807) is 12.1 Å². The third-order valence-electron chi connectivity index (χ3n) is 4.71. The van der Waals surface area contributed by atoms with Gasteiger partial charge in [0, 0.05) is 35.3 Å². The maximum absolute atomic E-state index is 9.73. The second-order valence-electron chi connectivity index (χ2n) is 6.29. The van der Waals surface area contributed by atoms with E-state index in [4.69, 9.17) is 4.74 Å². The Labute approximate surface area is 144 Å². The van der Waals surface area contributed by atoms with Crippen molar-refractivity contribution < 1.29 is 9.84 Å². The molecule has 4 aromatic rings. The Morgan fingerprint density at radius 1 is 1.00 bits per heavy atom. The van der Waals surface area contributed by atoms with Crippen LogP contribution in [-0.4, -0.2) is 21.7 Å². The quantitative estimate of drug-likeness (QED) is 0.568. The fourth-order valence-corrected chi connectivity index (χ4v) is 3.44. The first-order chi connectivity index (χ1) is 12.3. The number of fused-ring (bicyclic) bond motifs is 2. The van der Waals surface area contributed by atoms with E-state index in [1.807, 2.05) is 30.6 Å². The van der Waals surface area contributed by atoms with Crippen molar-refractivity contribution in [3.05, 3.63) is 66.5 Å². The van der Waals surface area contributed by atoms with Gasteiger partial charge in [-0.2, -0.15) is 0 Å². The Morgan fingerprint density at radius 2 is 1.96 bits per heavy atom. The van der Waals surface area contributed by atoms with Crippen molar-refractivity contribution in [2.75, 3.05) is 6.61 Å². The van der Waals surface area contributed by atoms with E-state index in [9.17, 15) is 5.11 Å². The molecule has 0 aliphatic carbocycles. The van der Waals surface area contributed by atoms with Crippen LogP contribution < -0.4 is 4.74 Å². The summed E-state index contributed by atoms with van der Waals surface area (Å²) in [6.07, 6.45) is 4.79. The second kappa shape index (κ2) is 5.38. The van der Waals surface area contributed by atoms with E-state index in [1.165, 1.54) is 5.56 Å². The zero-order valence-electron chi connectivity index (χ0n) is 13.5. The second-order valence-corrected chi connectivity index (χ2v) is 6.29. The smallest absolute Gasteiger partial charge is 0.137 e. The zero-order valence-corrected chi connectivity index (χ0v) is 13.5. The number of nitrogens with one attached hydrogen (secondary N) is 1. The molecule has 0 atom stereocenters. The topological polar surface area (TPSA) is 58.1 Å². The van der Waals surface area contributed by atoms with Crippen molar-refractivity contribution in [3.8, 4) is 33.8 Å². The van der Waals surface area contributed by atoms with Gasteiger partial charge >= 0.3 is 0 Å². The molecule has 0 radical (unpaired) electrons. The van der Waals surface area contributed by atoms with Crippen LogP contribution in [0, 0.1) is 0 Å². The first-order valence-electron chi connectivity index (χ1n) is 8.30. The standard InChI is InChI=1S/C21H16N2O2/c24-17-3-1-2-13(9-17)16-10-18-19(12-23-21(18)22-11-16)14-4-5-20-15(8-14)6-7-25-20/h1-5,8-12,24H,6-7H2,(H,22,23). The van der Waals surface area contributed by atoms with Gasteiger partial charge in [0.1, 0.15) is 17.1 Å². The third kappa shape index (κ3) is 2.34. The van der Waals surface area contributed by atoms with Gasteiger partial charge in [0.25, 0.3) is 0 Å². The average molecular weight is 328 g/mol. The van der Waals surface area contributed by atoms with Crippen LogP contribution in [0.1, 0.15) is 5.56 Å². The number of aromatic hydroxyl groups is 1. The molecule has 3 heterocycles. The van der Waals surface area contributed by atoms with Gasteiger partial charge in [-0.1, -0.05) is 18.2 Å². The van der Waals surface area contributed by atoms with E-state index >= 15 is 0 Å². The van der Waals surface area contributed by atoms with E-state index in [2.05, 4.69) is 28.2 Å². The molecular formula is C21H16N2O2. The molecule has 4 nitrogen and oxygen atoms in total. The molecule has 1 aliphatic rings. The lowest BCUT2D eigenvalue weighted by Gasteiger charge is -2.05. The van der Waals surface area contributed by atoms with E-state index in [0.29, 0.717) is 0 Å². The third-order valence-corrected chi connectivity index (χ3v) is 4.71. The first-order valence-corrected chi connectivity index (χ1v) is 8.30. The minimum Gasteiger partial charge on any atom is -0.508 e. The largest absolute Gasteiger partial charge is 0.508 e. The number of hydrogen-bond donors (Lipinski definition) is 2. The molecule has 122 valence electrons. The van der Waals surface area contributed by atoms with Crippen molar-refractivity contribution in [1.29, 1.82) is 0 Å². The summed E-state index contributed by atoms with van der Waals surface area (Å²) in [5.41, 5.74) is 6.32. The van der Waals surface area contributed by atoms with Crippen LogP contribution in [0.5, 0.6) is 11.5 Å². The lowest BCUT2D eigenvalue weighted by molar-refractivity contribution is 0.357. The molecular weight excluding hydrogens is 312 g/mol. The summed E-state index contributed by atoms with van der Waals surface area (Å²) in [7, 11) is 0. The predicted octanol–water partition coefficient (Wildman–Crippen LogP) is 4.54. The highest BCUT2D eigenvalue weighted by Crippen LogP contribution is 2.35. The lowest BCUT2D eigenvalue weighted by Crippen LogP contribution is -1.85. The Morgan fingerprint density at radius 3 is 2.88 bits per heavy atom. The Balaban J connectivity index is 1.66. The average Bonchev–Trinajstić information content (AvgIpc) is 3.27. The number of phenols is 1. The van der Waals surface area contributed by atoms with Gasteiger partial charge in [-0.05, 0) is 47.0 Å². The highest BCUT2D eigenvalue weighted by atomic mass is 16.5. The van der Waals surface area contributed by atoms with E-state index in [0.717, 1.165) is 52.1 Å². The van der Waals surface area contributed by atoms with Crippen molar-refractivity contribution >= 4 is 11.0 Å². The number of phenolic OH excluding ortho intramolecular Hbond substituents is 1. The number of nitrogens with zero attached hydrogens (tertiary/aromatic N) is 1. The van der Waals surface area contributed by atoms with Crippen LogP contribution >= 0.6 is 0 Å². The van der Waals surface area contributed by atoms with Crippen LogP contribution in [0.15, 0.2) is 60.9 Å². The lowest BCUT2D eigenvalue weighted by atomic mass is 10.00. The van der Waals surface area contributed by atoms with E-state index < -0.39 is 0 Å². The molecule has 4 heteroatoms. The Bertz CT molecular complexity index is 1100. The molecule has 0 bridgehead atoms. The number of pyridine rings is 1. The van der Waals surface area contributed by atoms with Crippen LogP contribution in [0.3, 0.4) is 0 Å². The van der Waals surface area contributed by atoms with Gasteiger partial charge < -0.3 is 14.8 Å². The van der Waals surface area contributed by atoms with Crippen molar-refractivity contribution in [3.63, 3.8) is 0 Å². The minimum absolute atomic E-state index is 0.255. The van der Waals surface area contributed by atoms with Crippen molar-refractivity contribution in [2.24, 2.45) is 0 Å². The first kappa shape index (κ1) is 14.1. The number of benzene rings is 2. The maximum Gasteiger partial charge on any atom is 0.137 e. The molecule has 0 saturated carbocycles. The fourth-order valence-electron chi connectivity index (χ4n) is 3.44. The molecule has 1 aliphatic heterocycles. The Kier molecular flexibility index (Phi) is 3.04. The molecule has 0 saturated heterocycles. The molecule has 0 unspecified atom stereocenters. The number of aromatic nitrogens is 2. The molecule has 2 N–H and O–H groups in total. The summed E-state index contributed by atoms with van der Waals surface area (Å²) in [4.78, 5) is 7.80. The molecule has 0 fully saturated rings. The molecule has 2 aromatic carbocycles. The fraction of sp³-hybridized carbons (Fsp3) is 0.0952. The number of H-pyrrole nitrogens is 1. The maximum atomic E-state index is 9.73. The highest BCUT2D eigenvalue weighted by molar-refractivity contribution is 5.96. The molecule has 2 aromatic heterocycles. The van der Waals surface area contributed by atoms with Crippen molar-refractivity contribution in [1.82, 2.24) is 9.97 Å². The summed E-state index contributed by atoms with van der Waals surface area (Å²) in [6, 6.07) is 15.7. The van der Waals surface area contributed by atoms with Crippen LogP contribution in [0.2, 0.25) is 0 Å². The summed E-state index contributed by atoms with van der Waals surface area (Å²) in [5, 5.41) is 10.8. The normalized spacial score (nSPS) is 13.0. The number of ether oxygens (including phenoxy) is 1. The summed E-state index contributed by atoms with van der Waals surface area (Å²) in [6.45, 7) is 0.760. The predicted molar refractivity (Wildman–Crippen MR) is 97.8 cm³/mol. The summed E-state index contributed by atoms with van der Waals surface area (Å²) >= 11 is 0. The zero-order chi connectivity index (χ0) is 16.8. The summed E-state index contributed by atoms with van der Waals surface area (Å²) in [5.74, 6) is 1.24. The van der Waals surface area contributed by atoms with Crippen molar-refractivity contribution in [2.45, 2.75) is 6.42 Å². The van der Waals surface area contributed by atoms with Gasteiger partial charge in [-0.3, -0.25) is 0 Å². The highest BCUT2D eigenvalue weighted by Gasteiger charge is 2.15. The van der Waals surface area contributed by atoms with Crippen LogP contribution in [-0.2, 0) is 6.42 Å². The monoisotopic (exact) mass is 328 g/mol. The summed E-state index contributed by atoms with van der Waals surface area (Å²) < 4.78 is 5.60. The Hall–Kier alpha value is -3.27. The van der Waals surface area contributed by atoms with Gasteiger partial charge in [0.05, 0.1) is 6.61 Å². The SMILES string of the molecule is Oc1cccc(-c2cnc3[nH]cc(-c4ccc5c(c4)CCO5)c3c2)c1. The van der Waals surface area contributed by atoms with Gasteiger partial charge in [0.2, 0.25) is 0 Å². The van der Waals surface area contributed by atoms with Crippen LogP contribution in [0.25, 0.3) is 33.3 Å². The minimum atomic E-state index is 0.255. The van der Waals surface area contributed by atoms with Gasteiger partial charge in [-0.15, -0.1) is 0 Å².